The average Bonchev–Trinajstić information content (AvgIpc) is 2.81. The molecule has 0 amide bonds. The largest absolute Gasteiger partial charge is 0.295 e. The average molecular weight is 220 g/mol. The molecule has 2 rings (SSSR count). The molecule has 0 aliphatic carbocycles. The fourth-order valence-electron chi connectivity index (χ4n) is 1.16. The Labute approximate surface area is 96.9 Å². The molecule has 1 heterocycles. The number of nitrogens with zero attached hydrogens (tertiary/aromatic N) is 1. The van der Waals surface area contributed by atoms with Crippen molar-refractivity contribution in [3.8, 4) is 0 Å². The Morgan fingerprint density at radius 3 is 2.38 bits per heavy atom. The van der Waals surface area contributed by atoms with Crippen LogP contribution in [0.15, 0.2) is 24.4 Å². The molecule has 0 aliphatic heterocycles. The number of aromatic amines is 1. The molecule has 0 unspecified atom stereocenters. The Bertz CT molecular complexity index is 432. The van der Waals surface area contributed by atoms with Crippen molar-refractivity contribution in [3.05, 3.63) is 30.0 Å². The van der Waals surface area contributed by atoms with Crippen molar-refractivity contribution in [2.75, 3.05) is 0 Å². The normalized spacial score (nSPS) is 8.56. The molecule has 1 aromatic heterocycles. The summed E-state index contributed by atoms with van der Waals surface area (Å²) in [5.74, 6) is 0.0755. The second kappa shape index (κ2) is 7.63. The van der Waals surface area contributed by atoms with Gasteiger partial charge in [-0.3, -0.25) is 9.89 Å². The summed E-state index contributed by atoms with van der Waals surface area (Å²) in [5.41, 5.74) is 1.62. The first-order chi connectivity index (χ1) is 7.77. The molecule has 16 heavy (non-hydrogen) atoms. The van der Waals surface area contributed by atoms with E-state index < -0.39 is 0 Å². The number of benzene rings is 1. The highest BCUT2D eigenvalue weighted by molar-refractivity contribution is 5.97. The molecule has 3 heteroatoms. The third-order valence-electron chi connectivity index (χ3n) is 1.85. The second-order valence-electron chi connectivity index (χ2n) is 2.73. The van der Waals surface area contributed by atoms with Crippen LogP contribution in [0, 0.1) is 0 Å². The van der Waals surface area contributed by atoms with Gasteiger partial charge in [0.25, 0.3) is 0 Å². The highest BCUT2D eigenvalue weighted by Crippen LogP contribution is 2.12. The highest BCUT2D eigenvalue weighted by Gasteiger charge is 2.00. The number of ketones is 1. The van der Waals surface area contributed by atoms with E-state index in [4.69, 9.17) is 0 Å². The van der Waals surface area contributed by atoms with Crippen LogP contribution in [-0.2, 0) is 0 Å². The molecular formula is C13H20N2O. The summed E-state index contributed by atoms with van der Waals surface area (Å²) in [5, 5.41) is 7.71. The van der Waals surface area contributed by atoms with E-state index in [1.54, 1.807) is 19.2 Å². The van der Waals surface area contributed by atoms with E-state index in [2.05, 4.69) is 10.2 Å². The van der Waals surface area contributed by atoms with Gasteiger partial charge in [-0.25, -0.2) is 0 Å². The minimum Gasteiger partial charge on any atom is -0.295 e. The van der Waals surface area contributed by atoms with Gasteiger partial charge < -0.3 is 0 Å². The lowest BCUT2D eigenvalue weighted by atomic mass is 10.1. The van der Waals surface area contributed by atoms with Gasteiger partial charge in [-0.15, -0.1) is 0 Å². The number of Topliss-reactive ketones (excluding diaryl/α,β-unsaturated/α-hetero) is 1. The van der Waals surface area contributed by atoms with Crippen LogP contribution in [0.1, 0.15) is 45.0 Å². The van der Waals surface area contributed by atoms with E-state index in [1.807, 2.05) is 39.8 Å². The Hall–Kier alpha value is -1.64. The van der Waals surface area contributed by atoms with Crippen LogP contribution in [0.5, 0.6) is 0 Å². The predicted molar refractivity (Wildman–Crippen MR) is 68.8 cm³/mol. The van der Waals surface area contributed by atoms with Crippen LogP contribution < -0.4 is 0 Å². The first-order valence-corrected chi connectivity index (χ1v) is 5.71. The third-order valence-corrected chi connectivity index (χ3v) is 1.85. The zero-order valence-electron chi connectivity index (χ0n) is 10.7. The van der Waals surface area contributed by atoms with E-state index in [1.165, 1.54) is 0 Å². The Morgan fingerprint density at radius 1 is 1.19 bits per heavy atom. The second-order valence-corrected chi connectivity index (χ2v) is 2.73. The maximum atomic E-state index is 11.0. The molecule has 3 nitrogen and oxygen atoms in total. The third kappa shape index (κ3) is 3.50. The van der Waals surface area contributed by atoms with Gasteiger partial charge in [0.05, 0.1) is 11.7 Å². The van der Waals surface area contributed by atoms with Crippen molar-refractivity contribution in [3.63, 3.8) is 0 Å². The standard InChI is InChI=1S/C9H8N2O.2C2H6/c1-6(12)7-2-3-8-5-10-11-9(8)4-7;2*1-2/h2-5H,1H3,(H,10,11);2*1-2H3. The van der Waals surface area contributed by atoms with Crippen molar-refractivity contribution >= 4 is 16.7 Å². The van der Waals surface area contributed by atoms with E-state index in [0.717, 1.165) is 10.9 Å². The maximum absolute atomic E-state index is 11.0. The minimum atomic E-state index is 0.0755. The molecular weight excluding hydrogens is 200 g/mol. The zero-order chi connectivity index (χ0) is 12.6. The van der Waals surface area contributed by atoms with Crippen LogP contribution in [0.4, 0.5) is 0 Å². The fraction of sp³-hybridized carbons (Fsp3) is 0.385. The zero-order valence-corrected chi connectivity index (χ0v) is 10.7. The maximum Gasteiger partial charge on any atom is 0.159 e. The molecule has 0 saturated carbocycles. The molecule has 0 bridgehead atoms. The summed E-state index contributed by atoms with van der Waals surface area (Å²) < 4.78 is 0. The molecule has 1 N–H and O–H groups in total. The number of nitrogens with one attached hydrogen (secondary N) is 1. The lowest BCUT2D eigenvalue weighted by molar-refractivity contribution is 0.101. The number of carbonyl (C=O) groups excluding carboxylic acids is 1. The molecule has 0 spiro atoms. The van der Waals surface area contributed by atoms with Gasteiger partial charge in [0.15, 0.2) is 5.78 Å². The van der Waals surface area contributed by atoms with Crippen molar-refractivity contribution in [1.29, 1.82) is 0 Å². The smallest absolute Gasteiger partial charge is 0.159 e. The Morgan fingerprint density at radius 2 is 1.81 bits per heavy atom. The van der Waals surface area contributed by atoms with Crippen LogP contribution in [0.2, 0.25) is 0 Å². The number of hydrogen-bond donors (Lipinski definition) is 1. The number of hydrogen-bond acceptors (Lipinski definition) is 2. The lowest BCUT2D eigenvalue weighted by Gasteiger charge is -1.93. The predicted octanol–water partition coefficient (Wildman–Crippen LogP) is 3.82. The molecule has 2 aromatic rings. The van der Waals surface area contributed by atoms with Crippen LogP contribution in [0.25, 0.3) is 10.9 Å². The van der Waals surface area contributed by atoms with Crippen LogP contribution >= 0.6 is 0 Å². The van der Waals surface area contributed by atoms with Crippen molar-refractivity contribution in [2.45, 2.75) is 34.6 Å². The van der Waals surface area contributed by atoms with E-state index in [-0.39, 0.29) is 5.78 Å². The fourth-order valence-corrected chi connectivity index (χ4v) is 1.16. The van der Waals surface area contributed by atoms with Gasteiger partial charge in [0, 0.05) is 10.9 Å². The van der Waals surface area contributed by atoms with Crippen molar-refractivity contribution in [2.24, 2.45) is 0 Å². The number of rotatable bonds is 1. The summed E-state index contributed by atoms with van der Waals surface area (Å²) in [4.78, 5) is 11.0. The van der Waals surface area contributed by atoms with E-state index in [9.17, 15) is 4.79 Å². The monoisotopic (exact) mass is 220 g/mol. The summed E-state index contributed by atoms with van der Waals surface area (Å²) >= 11 is 0. The first-order valence-electron chi connectivity index (χ1n) is 5.71. The molecule has 0 saturated heterocycles. The summed E-state index contributed by atoms with van der Waals surface area (Å²) in [6.07, 6.45) is 1.74. The number of H-pyrrole nitrogens is 1. The van der Waals surface area contributed by atoms with Gasteiger partial charge in [-0.05, 0) is 13.0 Å². The topological polar surface area (TPSA) is 45.8 Å². The van der Waals surface area contributed by atoms with Crippen LogP contribution in [0.3, 0.4) is 0 Å². The number of aromatic nitrogens is 2. The Balaban J connectivity index is 0.000000509. The van der Waals surface area contributed by atoms with Gasteiger partial charge >= 0.3 is 0 Å². The van der Waals surface area contributed by atoms with Crippen molar-refractivity contribution in [1.82, 2.24) is 10.2 Å². The molecule has 0 fully saturated rings. The first kappa shape index (κ1) is 14.4. The molecule has 0 radical (unpaired) electrons. The minimum absolute atomic E-state index is 0.0755. The lowest BCUT2D eigenvalue weighted by Crippen LogP contribution is -1.90. The SMILES string of the molecule is CC.CC.CC(=O)c1ccc2cn[nH]c2c1. The Kier molecular flexibility index (Phi) is 6.84. The summed E-state index contributed by atoms with van der Waals surface area (Å²) in [7, 11) is 0. The number of carbonyl (C=O) groups is 1. The molecule has 88 valence electrons. The summed E-state index contributed by atoms with van der Waals surface area (Å²) in [6, 6.07) is 5.50. The number of fused-ring (bicyclic) bond motifs is 1. The van der Waals surface area contributed by atoms with Crippen molar-refractivity contribution < 1.29 is 4.79 Å². The van der Waals surface area contributed by atoms with Gasteiger partial charge in [0.1, 0.15) is 0 Å². The van der Waals surface area contributed by atoms with Crippen LogP contribution in [-0.4, -0.2) is 16.0 Å². The van der Waals surface area contributed by atoms with Gasteiger partial charge in [-0.1, -0.05) is 39.8 Å². The highest BCUT2D eigenvalue weighted by atomic mass is 16.1. The molecule has 0 atom stereocenters. The van der Waals surface area contributed by atoms with Gasteiger partial charge in [0.2, 0.25) is 0 Å². The molecule has 0 aliphatic rings. The molecule has 1 aromatic carbocycles. The van der Waals surface area contributed by atoms with Gasteiger partial charge in [-0.2, -0.15) is 5.10 Å². The quantitative estimate of drug-likeness (QED) is 0.742. The van der Waals surface area contributed by atoms with E-state index in [0.29, 0.717) is 5.56 Å². The van der Waals surface area contributed by atoms with E-state index >= 15 is 0 Å². The summed E-state index contributed by atoms with van der Waals surface area (Å²) in [6.45, 7) is 9.55.